The fourth-order valence-electron chi connectivity index (χ4n) is 4.03. The lowest BCUT2D eigenvalue weighted by Crippen LogP contribution is -2.47. The second kappa shape index (κ2) is 9.65. The molecule has 0 bridgehead atoms. The third kappa shape index (κ3) is 4.61. The number of aromatic nitrogens is 6. The van der Waals surface area contributed by atoms with Crippen LogP contribution >= 0.6 is 15.9 Å². The number of para-hydroxylation sites is 1. The van der Waals surface area contributed by atoms with Crippen LogP contribution in [0.2, 0.25) is 0 Å². The maximum atomic E-state index is 12.8. The van der Waals surface area contributed by atoms with Crippen molar-refractivity contribution in [3.8, 4) is 11.4 Å². The molecule has 1 aliphatic heterocycles. The van der Waals surface area contributed by atoms with Gasteiger partial charge in [-0.15, -0.1) is 5.10 Å². The summed E-state index contributed by atoms with van der Waals surface area (Å²) in [5, 5.41) is 19.4. The van der Waals surface area contributed by atoms with E-state index in [0.717, 1.165) is 53.7 Å². The van der Waals surface area contributed by atoms with Crippen LogP contribution in [0, 0.1) is 0 Å². The average Bonchev–Trinajstić information content (AvgIpc) is 3.47. The van der Waals surface area contributed by atoms with Crippen molar-refractivity contribution in [2.24, 2.45) is 7.05 Å². The standard InChI is InChI=1S/C22H27BrN10O/c1-14(21(34)25-8-11-32-9-6-24-7-10-32)27-22-28-18-16(4-3-5-17(18)23)20-29-19(30-33(20)22)15-12-26-31(2)13-15/h3-5,12-14,24H,6-11H2,1-2H3,(H,25,34)(H,27,28)/t14-/m1/s1. The number of anilines is 1. The smallest absolute Gasteiger partial charge is 0.242 e. The van der Waals surface area contributed by atoms with Crippen LogP contribution in [0.15, 0.2) is 35.1 Å². The number of rotatable bonds is 7. The molecule has 1 saturated heterocycles. The van der Waals surface area contributed by atoms with Crippen LogP contribution in [-0.2, 0) is 11.8 Å². The first-order valence-corrected chi connectivity index (χ1v) is 12.1. The molecule has 5 rings (SSSR count). The molecule has 12 heteroatoms. The van der Waals surface area contributed by atoms with E-state index in [1.165, 1.54) is 0 Å². The number of fused-ring (bicyclic) bond motifs is 3. The van der Waals surface area contributed by atoms with E-state index in [2.05, 4.69) is 47.0 Å². The zero-order chi connectivity index (χ0) is 23.7. The Labute approximate surface area is 205 Å². The molecule has 4 aromatic rings. The highest BCUT2D eigenvalue weighted by molar-refractivity contribution is 9.10. The number of nitrogens with zero attached hydrogens (tertiary/aromatic N) is 7. The van der Waals surface area contributed by atoms with Gasteiger partial charge in [0, 0.05) is 62.4 Å². The Kier molecular flexibility index (Phi) is 6.44. The van der Waals surface area contributed by atoms with E-state index in [1.54, 1.807) is 15.4 Å². The quantitative estimate of drug-likeness (QED) is 0.329. The van der Waals surface area contributed by atoms with Crippen molar-refractivity contribution in [3.05, 3.63) is 35.1 Å². The Morgan fingerprint density at radius 3 is 2.85 bits per heavy atom. The molecule has 0 spiro atoms. The van der Waals surface area contributed by atoms with Gasteiger partial charge in [-0.1, -0.05) is 6.07 Å². The molecule has 3 N–H and O–H groups in total. The molecule has 0 unspecified atom stereocenters. The van der Waals surface area contributed by atoms with Gasteiger partial charge in [0.1, 0.15) is 6.04 Å². The van der Waals surface area contributed by atoms with Crippen molar-refractivity contribution in [2.75, 3.05) is 44.6 Å². The van der Waals surface area contributed by atoms with Crippen molar-refractivity contribution in [2.45, 2.75) is 13.0 Å². The van der Waals surface area contributed by atoms with Gasteiger partial charge in [0.15, 0.2) is 11.5 Å². The Bertz CT molecular complexity index is 1330. The van der Waals surface area contributed by atoms with Crippen LogP contribution in [0.1, 0.15) is 6.92 Å². The van der Waals surface area contributed by atoms with Gasteiger partial charge in [-0.25, -0.2) is 9.97 Å². The van der Waals surface area contributed by atoms with Gasteiger partial charge in [0.05, 0.1) is 17.3 Å². The summed E-state index contributed by atoms with van der Waals surface area (Å²) in [6, 6.07) is 5.32. The van der Waals surface area contributed by atoms with Crippen LogP contribution in [0.4, 0.5) is 5.95 Å². The molecular formula is C22H27BrN10O. The zero-order valence-corrected chi connectivity index (χ0v) is 20.7. The second-order valence-corrected chi connectivity index (χ2v) is 9.25. The Morgan fingerprint density at radius 1 is 1.26 bits per heavy atom. The molecule has 11 nitrogen and oxygen atoms in total. The van der Waals surface area contributed by atoms with Crippen LogP contribution in [0.3, 0.4) is 0 Å². The molecule has 0 radical (unpaired) electrons. The van der Waals surface area contributed by atoms with E-state index >= 15 is 0 Å². The summed E-state index contributed by atoms with van der Waals surface area (Å²) >= 11 is 3.59. The molecule has 34 heavy (non-hydrogen) atoms. The summed E-state index contributed by atoms with van der Waals surface area (Å²) in [7, 11) is 1.85. The van der Waals surface area contributed by atoms with E-state index in [0.29, 0.717) is 24.0 Å². The van der Waals surface area contributed by atoms with Crippen molar-refractivity contribution in [1.82, 2.24) is 44.9 Å². The minimum Gasteiger partial charge on any atom is -0.353 e. The van der Waals surface area contributed by atoms with E-state index in [-0.39, 0.29) is 5.91 Å². The summed E-state index contributed by atoms with van der Waals surface area (Å²) in [5.41, 5.74) is 2.20. The van der Waals surface area contributed by atoms with Gasteiger partial charge in [0.25, 0.3) is 0 Å². The molecule has 1 amide bonds. The third-order valence-electron chi connectivity index (χ3n) is 5.89. The van der Waals surface area contributed by atoms with Gasteiger partial charge in [0.2, 0.25) is 11.9 Å². The molecule has 1 aromatic carbocycles. The lowest BCUT2D eigenvalue weighted by molar-refractivity contribution is -0.121. The number of piperazine rings is 1. The zero-order valence-electron chi connectivity index (χ0n) is 19.1. The number of nitrogens with one attached hydrogen (secondary N) is 3. The van der Waals surface area contributed by atoms with E-state index in [9.17, 15) is 4.79 Å². The van der Waals surface area contributed by atoms with Gasteiger partial charge >= 0.3 is 0 Å². The molecule has 4 heterocycles. The van der Waals surface area contributed by atoms with Crippen LogP contribution in [0.25, 0.3) is 27.9 Å². The summed E-state index contributed by atoms with van der Waals surface area (Å²) in [5.74, 6) is 0.894. The number of aryl methyl sites for hydroxylation is 1. The van der Waals surface area contributed by atoms with Gasteiger partial charge in [-0.05, 0) is 35.0 Å². The van der Waals surface area contributed by atoms with Crippen LogP contribution in [0.5, 0.6) is 0 Å². The molecular weight excluding hydrogens is 500 g/mol. The normalized spacial score (nSPS) is 15.6. The number of benzene rings is 1. The van der Waals surface area contributed by atoms with Gasteiger partial charge in [-0.3, -0.25) is 14.4 Å². The van der Waals surface area contributed by atoms with Crippen LogP contribution < -0.4 is 16.0 Å². The lowest BCUT2D eigenvalue weighted by Gasteiger charge is -2.27. The fourth-order valence-corrected chi connectivity index (χ4v) is 4.49. The first kappa shape index (κ1) is 22.7. The predicted molar refractivity (Wildman–Crippen MR) is 134 cm³/mol. The summed E-state index contributed by atoms with van der Waals surface area (Å²) in [6.07, 6.45) is 3.59. The second-order valence-electron chi connectivity index (χ2n) is 8.39. The van der Waals surface area contributed by atoms with Crippen molar-refractivity contribution < 1.29 is 4.79 Å². The van der Waals surface area contributed by atoms with Gasteiger partial charge < -0.3 is 16.0 Å². The number of carbonyl (C=O) groups excluding carboxylic acids is 1. The molecule has 0 saturated carbocycles. The molecule has 3 aromatic heterocycles. The minimum absolute atomic E-state index is 0.0927. The Balaban J connectivity index is 1.40. The Morgan fingerprint density at radius 2 is 2.09 bits per heavy atom. The first-order valence-electron chi connectivity index (χ1n) is 11.3. The topological polar surface area (TPSA) is 117 Å². The summed E-state index contributed by atoms with van der Waals surface area (Å²) in [6.45, 7) is 7.24. The van der Waals surface area contributed by atoms with Crippen molar-refractivity contribution >= 4 is 44.3 Å². The molecule has 1 fully saturated rings. The molecule has 178 valence electrons. The number of halogens is 1. The molecule has 1 aliphatic rings. The molecule has 1 atom stereocenters. The average molecular weight is 527 g/mol. The highest BCUT2D eigenvalue weighted by atomic mass is 79.9. The summed E-state index contributed by atoms with van der Waals surface area (Å²) < 4.78 is 4.20. The minimum atomic E-state index is -0.510. The van der Waals surface area contributed by atoms with E-state index < -0.39 is 6.04 Å². The fraction of sp³-hybridized carbons (Fsp3) is 0.409. The van der Waals surface area contributed by atoms with E-state index in [4.69, 9.17) is 9.97 Å². The van der Waals surface area contributed by atoms with Crippen molar-refractivity contribution in [1.29, 1.82) is 0 Å². The largest absolute Gasteiger partial charge is 0.353 e. The van der Waals surface area contributed by atoms with E-state index in [1.807, 2.05) is 38.4 Å². The molecule has 0 aliphatic carbocycles. The maximum Gasteiger partial charge on any atom is 0.242 e. The lowest BCUT2D eigenvalue weighted by atomic mass is 10.2. The highest BCUT2D eigenvalue weighted by Gasteiger charge is 2.20. The van der Waals surface area contributed by atoms with Gasteiger partial charge in [-0.2, -0.15) is 9.61 Å². The SMILES string of the molecule is C[C@@H](Nc1nc2c(Br)cccc2c2nc(-c3cnn(C)c3)nn12)C(=O)NCCN1CCNCC1. The van der Waals surface area contributed by atoms with Crippen LogP contribution in [-0.4, -0.2) is 85.5 Å². The number of amides is 1. The highest BCUT2D eigenvalue weighted by Crippen LogP contribution is 2.28. The first-order chi connectivity index (χ1) is 16.5. The number of hydrogen-bond acceptors (Lipinski definition) is 8. The third-order valence-corrected chi connectivity index (χ3v) is 6.53. The number of carbonyl (C=O) groups is 1. The Hall–Kier alpha value is -3.09. The maximum absolute atomic E-state index is 12.8. The summed E-state index contributed by atoms with van der Waals surface area (Å²) in [4.78, 5) is 24.7. The predicted octanol–water partition coefficient (Wildman–Crippen LogP) is 1.26. The van der Waals surface area contributed by atoms with Crippen molar-refractivity contribution in [3.63, 3.8) is 0 Å². The monoisotopic (exact) mass is 526 g/mol. The number of hydrogen-bond donors (Lipinski definition) is 3.